The Morgan fingerprint density at radius 1 is 1.29 bits per heavy atom. The molecule has 0 saturated heterocycles. The zero-order valence-corrected chi connectivity index (χ0v) is 8.66. The molecule has 0 amide bonds. The normalized spacial score (nSPS) is 12.6. The first-order chi connectivity index (χ1) is 6.45. The highest BCUT2D eigenvalue weighted by molar-refractivity contribution is 5.76. The van der Waals surface area contributed by atoms with Crippen LogP contribution >= 0.6 is 0 Å². The molecule has 0 aliphatic heterocycles. The predicted molar refractivity (Wildman–Crippen MR) is 55.2 cm³/mol. The quantitative estimate of drug-likeness (QED) is 0.751. The number of nitrogens with two attached hydrogens (primary N) is 1. The first kappa shape index (κ1) is 10.7. The monoisotopic (exact) mass is 193 g/mol. The molecule has 0 aliphatic carbocycles. The number of carboxylic acid groups (broad SMARTS) is 1. The summed E-state index contributed by atoms with van der Waals surface area (Å²) >= 11 is 0. The molecule has 3 nitrogen and oxygen atoms in total. The molecule has 14 heavy (non-hydrogen) atoms. The predicted octanol–water partition coefficient (Wildman–Crippen LogP) is 1.70. The molecule has 0 spiro atoms. The van der Waals surface area contributed by atoms with Crippen LogP contribution in [0.3, 0.4) is 0 Å². The second-order valence-corrected chi connectivity index (χ2v) is 3.54. The highest BCUT2D eigenvalue weighted by Gasteiger charge is 2.17. The summed E-state index contributed by atoms with van der Waals surface area (Å²) in [5, 5.41) is 8.80. The number of aliphatic carboxylic acids is 1. The van der Waals surface area contributed by atoms with Gasteiger partial charge in [0.05, 0.1) is 0 Å². The maximum absolute atomic E-state index is 10.7. The zero-order valence-electron chi connectivity index (χ0n) is 8.66. The van der Waals surface area contributed by atoms with Gasteiger partial charge in [-0.2, -0.15) is 0 Å². The molecule has 0 heterocycles. The number of hydrogen-bond donors (Lipinski definition) is 2. The maximum Gasteiger partial charge on any atom is 0.325 e. The molecule has 1 aromatic carbocycles. The summed E-state index contributed by atoms with van der Waals surface area (Å²) < 4.78 is 0. The second-order valence-electron chi connectivity index (χ2n) is 3.54. The van der Waals surface area contributed by atoms with E-state index in [-0.39, 0.29) is 0 Å². The highest BCUT2D eigenvalue weighted by atomic mass is 16.4. The van der Waals surface area contributed by atoms with Crippen molar-refractivity contribution in [2.24, 2.45) is 5.73 Å². The number of aryl methyl sites for hydroxylation is 1. The molecule has 0 aromatic heterocycles. The van der Waals surface area contributed by atoms with Crippen molar-refractivity contribution in [3.63, 3.8) is 0 Å². The van der Waals surface area contributed by atoms with Gasteiger partial charge in [-0.3, -0.25) is 4.79 Å². The van der Waals surface area contributed by atoms with Gasteiger partial charge in [-0.1, -0.05) is 12.1 Å². The highest BCUT2D eigenvalue weighted by Crippen LogP contribution is 2.21. The number of carboxylic acids is 1. The summed E-state index contributed by atoms with van der Waals surface area (Å²) in [6.45, 7) is 5.88. The van der Waals surface area contributed by atoms with Gasteiger partial charge in [0.2, 0.25) is 0 Å². The van der Waals surface area contributed by atoms with E-state index in [4.69, 9.17) is 10.8 Å². The molecule has 0 fully saturated rings. The van der Waals surface area contributed by atoms with Gasteiger partial charge < -0.3 is 10.8 Å². The van der Waals surface area contributed by atoms with Gasteiger partial charge in [-0.15, -0.1) is 0 Å². The lowest BCUT2D eigenvalue weighted by atomic mass is 9.95. The fourth-order valence-corrected chi connectivity index (χ4v) is 1.45. The fraction of sp³-hybridized carbons (Fsp3) is 0.364. The Kier molecular flexibility index (Phi) is 2.91. The van der Waals surface area contributed by atoms with Crippen molar-refractivity contribution in [3.8, 4) is 0 Å². The van der Waals surface area contributed by atoms with Crippen molar-refractivity contribution in [2.45, 2.75) is 26.8 Å². The van der Waals surface area contributed by atoms with E-state index in [1.165, 1.54) is 0 Å². The van der Waals surface area contributed by atoms with Crippen molar-refractivity contribution in [1.82, 2.24) is 0 Å². The van der Waals surface area contributed by atoms with Crippen LogP contribution in [0.1, 0.15) is 28.3 Å². The fourth-order valence-electron chi connectivity index (χ4n) is 1.45. The standard InChI is InChI=1S/C11H15NO2/c1-6-4-5-9(8(3)7(6)2)10(12)11(13)14/h4-5,10H,12H2,1-3H3,(H,13,14). The largest absolute Gasteiger partial charge is 0.480 e. The van der Waals surface area contributed by atoms with E-state index >= 15 is 0 Å². The van der Waals surface area contributed by atoms with Crippen molar-refractivity contribution in [2.75, 3.05) is 0 Å². The van der Waals surface area contributed by atoms with Gasteiger partial charge in [0, 0.05) is 0 Å². The third-order valence-corrected chi connectivity index (χ3v) is 2.70. The van der Waals surface area contributed by atoms with Crippen LogP contribution < -0.4 is 5.73 Å². The number of benzene rings is 1. The summed E-state index contributed by atoms with van der Waals surface area (Å²) in [5.74, 6) is -0.989. The number of carbonyl (C=O) groups is 1. The molecule has 0 bridgehead atoms. The van der Waals surface area contributed by atoms with Crippen LogP contribution in [0.2, 0.25) is 0 Å². The van der Waals surface area contributed by atoms with E-state index in [0.717, 1.165) is 16.7 Å². The number of hydrogen-bond acceptors (Lipinski definition) is 2. The SMILES string of the molecule is Cc1ccc(C(N)C(=O)O)c(C)c1C. The lowest BCUT2D eigenvalue weighted by Crippen LogP contribution is -2.22. The van der Waals surface area contributed by atoms with Gasteiger partial charge in [-0.05, 0) is 43.0 Å². The second kappa shape index (κ2) is 3.80. The molecule has 0 radical (unpaired) electrons. The van der Waals surface area contributed by atoms with E-state index in [9.17, 15) is 4.79 Å². The van der Waals surface area contributed by atoms with Crippen LogP contribution in [0.15, 0.2) is 12.1 Å². The summed E-state index contributed by atoms with van der Waals surface area (Å²) in [5.41, 5.74) is 9.49. The first-order valence-electron chi connectivity index (χ1n) is 4.50. The first-order valence-corrected chi connectivity index (χ1v) is 4.50. The molecule has 1 atom stereocenters. The minimum Gasteiger partial charge on any atom is -0.480 e. The average Bonchev–Trinajstić information content (AvgIpc) is 2.13. The zero-order chi connectivity index (χ0) is 10.9. The molecule has 1 unspecified atom stereocenters. The summed E-state index contributed by atoms with van der Waals surface area (Å²) in [4.78, 5) is 10.7. The molecule has 0 aliphatic rings. The van der Waals surface area contributed by atoms with E-state index in [2.05, 4.69) is 0 Å². The van der Waals surface area contributed by atoms with E-state index in [0.29, 0.717) is 5.56 Å². The van der Waals surface area contributed by atoms with Crippen LogP contribution in [-0.4, -0.2) is 11.1 Å². The van der Waals surface area contributed by atoms with Crippen LogP contribution in [0.4, 0.5) is 0 Å². The molecular formula is C11H15NO2. The van der Waals surface area contributed by atoms with E-state index < -0.39 is 12.0 Å². The third kappa shape index (κ3) is 1.77. The molecule has 76 valence electrons. The smallest absolute Gasteiger partial charge is 0.325 e. The summed E-state index contributed by atoms with van der Waals surface area (Å²) in [6.07, 6.45) is 0. The van der Waals surface area contributed by atoms with Gasteiger partial charge in [-0.25, -0.2) is 0 Å². The summed E-state index contributed by atoms with van der Waals surface area (Å²) in [6, 6.07) is 2.77. The Bertz CT molecular complexity index is 372. The van der Waals surface area contributed by atoms with E-state index in [1.54, 1.807) is 6.07 Å². The Balaban J connectivity index is 3.24. The Morgan fingerprint density at radius 2 is 1.86 bits per heavy atom. The maximum atomic E-state index is 10.7. The Morgan fingerprint density at radius 3 is 2.36 bits per heavy atom. The minimum absolute atomic E-state index is 0.695. The molecule has 0 saturated carbocycles. The Hall–Kier alpha value is -1.35. The molecule has 3 N–H and O–H groups in total. The average molecular weight is 193 g/mol. The van der Waals surface area contributed by atoms with Crippen LogP contribution in [-0.2, 0) is 4.79 Å². The lowest BCUT2D eigenvalue weighted by molar-refractivity contribution is -0.138. The molecule has 1 rings (SSSR count). The van der Waals surface area contributed by atoms with E-state index in [1.807, 2.05) is 26.8 Å². The third-order valence-electron chi connectivity index (χ3n) is 2.70. The van der Waals surface area contributed by atoms with Crippen LogP contribution in [0, 0.1) is 20.8 Å². The number of rotatable bonds is 2. The van der Waals surface area contributed by atoms with Crippen LogP contribution in [0.25, 0.3) is 0 Å². The Labute approximate surface area is 83.6 Å². The lowest BCUT2D eigenvalue weighted by Gasteiger charge is -2.14. The van der Waals surface area contributed by atoms with Crippen molar-refractivity contribution >= 4 is 5.97 Å². The van der Waals surface area contributed by atoms with Crippen LogP contribution in [0.5, 0.6) is 0 Å². The minimum atomic E-state index is -0.989. The molecular weight excluding hydrogens is 178 g/mol. The van der Waals surface area contributed by atoms with Gasteiger partial charge >= 0.3 is 5.97 Å². The van der Waals surface area contributed by atoms with Crippen molar-refractivity contribution in [3.05, 3.63) is 34.4 Å². The van der Waals surface area contributed by atoms with Gasteiger partial charge in [0.1, 0.15) is 6.04 Å². The van der Waals surface area contributed by atoms with Gasteiger partial charge in [0.15, 0.2) is 0 Å². The topological polar surface area (TPSA) is 63.3 Å². The van der Waals surface area contributed by atoms with Crippen molar-refractivity contribution in [1.29, 1.82) is 0 Å². The van der Waals surface area contributed by atoms with Crippen molar-refractivity contribution < 1.29 is 9.90 Å². The van der Waals surface area contributed by atoms with Gasteiger partial charge in [0.25, 0.3) is 0 Å². The molecule has 1 aromatic rings. The summed E-state index contributed by atoms with van der Waals surface area (Å²) in [7, 11) is 0. The molecule has 3 heteroatoms.